The van der Waals surface area contributed by atoms with Crippen LogP contribution in [0, 0.1) is 5.41 Å². The van der Waals surface area contributed by atoms with Gasteiger partial charge in [-0.25, -0.2) is 0 Å². The first-order chi connectivity index (χ1) is 13.3. The van der Waals surface area contributed by atoms with Gasteiger partial charge in [0.05, 0.1) is 5.41 Å². The van der Waals surface area contributed by atoms with Crippen molar-refractivity contribution in [2.24, 2.45) is 5.41 Å². The van der Waals surface area contributed by atoms with Crippen molar-refractivity contribution in [1.29, 1.82) is 0 Å². The summed E-state index contributed by atoms with van der Waals surface area (Å²) in [6.07, 6.45) is 0. The molecule has 0 radical (unpaired) electrons. The highest BCUT2D eigenvalue weighted by Crippen LogP contribution is 2.67. The fourth-order valence-electron chi connectivity index (χ4n) is 4.50. The van der Waals surface area contributed by atoms with Gasteiger partial charge >= 0.3 is 0 Å². The lowest BCUT2D eigenvalue weighted by Gasteiger charge is -2.35. The van der Waals surface area contributed by atoms with Gasteiger partial charge in [0.2, 0.25) is 0 Å². The van der Waals surface area contributed by atoms with Gasteiger partial charge in [-0.1, -0.05) is 112 Å². The van der Waals surface area contributed by atoms with Crippen LogP contribution in [0.3, 0.4) is 0 Å². The quantitative estimate of drug-likeness (QED) is 0.340. The summed E-state index contributed by atoms with van der Waals surface area (Å²) in [5.74, 6) is -2.90. The molecule has 28 heavy (non-hydrogen) atoms. The lowest BCUT2D eigenvalue weighted by atomic mass is 9.67. The fourth-order valence-corrected chi connectivity index (χ4v) is 4.50. The van der Waals surface area contributed by atoms with Crippen LogP contribution in [0.2, 0.25) is 0 Å². The highest BCUT2D eigenvalue weighted by molar-refractivity contribution is 5.71. The predicted molar refractivity (Wildman–Crippen MR) is 111 cm³/mol. The SMILES string of the molecule is CC(C)(C)C1=C(C(c2ccccc2)(c2ccccc2)c2ccccc2)C1(F)F. The molecular formula is C26H24F2. The van der Waals surface area contributed by atoms with E-state index in [-0.39, 0.29) is 11.1 Å². The molecule has 3 aromatic carbocycles. The molecule has 0 aliphatic heterocycles. The van der Waals surface area contributed by atoms with Gasteiger partial charge in [-0.15, -0.1) is 0 Å². The molecule has 0 saturated carbocycles. The maximum Gasteiger partial charge on any atom is 0.293 e. The molecule has 0 bridgehead atoms. The molecular weight excluding hydrogens is 350 g/mol. The van der Waals surface area contributed by atoms with Crippen molar-refractivity contribution >= 4 is 0 Å². The molecule has 3 aromatic rings. The van der Waals surface area contributed by atoms with Gasteiger partial charge in [0, 0.05) is 11.1 Å². The number of hydrogen-bond acceptors (Lipinski definition) is 0. The molecule has 142 valence electrons. The van der Waals surface area contributed by atoms with E-state index < -0.39 is 16.8 Å². The molecule has 2 heteroatoms. The third-order valence-corrected chi connectivity index (χ3v) is 5.56. The highest BCUT2D eigenvalue weighted by atomic mass is 19.3. The summed E-state index contributed by atoms with van der Waals surface area (Å²) in [6.45, 7) is 5.61. The third kappa shape index (κ3) is 2.71. The molecule has 0 atom stereocenters. The van der Waals surface area contributed by atoms with Crippen LogP contribution in [-0.4, -0.2) is 5.92 Å². The number of benzene rings is 3. The Labute approximate surface area is 165 Å². The first kappa shape index (κ1) is 18.6. The van der Waals surface area contributed by atoms with Crippen molar-refractivity contribution in [3.05, 3.63) is 119 Å². The van der Waals surface area contributed by atoms with Crippen molar-refractivity contribution < 1.29 is 8.78 Å². The largest absolute Gasteiger partial charge is 0.293 e. The summed E-state index contributed by atoms with van der Waals surface area (Å²) in [6, 6.07) is 29.1. The second kappa shape index (κ2) is 6.41. The zero-order chi connectivity index (χ0) is 20.0. The van der Waals surface area contributed by atoms with E-state index >= 15 is 8.78 Å². The van der Waals surface area contributed by atoms with Crippen molar-refractivity contribution in [1.82, 2.24) is 0 Å². The Hall–Kier alpha value is -2.74. The molecule has 0 N–H and O–H groups in total. The molecule has 0 aromatic heterocycles. The molecule has 0 spiro atoms. The van der Waals surface area contributed by atoms with Gasteiger partial charge in [-0.3, -0.25) is 0 Å². The lowest BCUT2D eigenvalue weighted by Crippen LogP contribution is -2.31. The normalized spacial score (nSPS) is 16.2. The van der Waals surface area contributed by atoms with Gasteiger partial charge < -0.3 is 0 Å². The van der Waals surface area contributed by atoms with Crippen LogP contribution in [0.1, 0.15) is 37.5 Å². The minimum absolute atomic E-state index is 0.219. The minimum atomic E-state index is -2.90. The molecule has 1 aliphatic rings. The summed E-state index contributed by atoms with van der Waals surface area (Å²) < 4.78 is 30.9. The number of rotatable bonds is 4. The lowest BCUT2D eigenvalue weighted by molar-refractivity contribution is 0.114. The van der Waals surface area contributed by atoms with Crippen LogP contribution in [0.15, 0.2) is 102 Å². The van der Waals surface area contributed by atoms with Crippen LogP contribution in [0.5, 0.6) is 0 Å². The first-order valence-electron chi connectivity index (χ1n) is 9.61. The maximum absolute atomic E-state index is 15.4. The molecule has 0 unspecified atom stereocenters. The fraction of sp³-hybridized carbons (Fsp3) is 0.231. The summed E-state index contributed by atoms with van der Waals surface area (Å²) >= 11 is 0. The summed E-state index contributed by atoms with van der Waals surface area (Å²) in [5, 5.41) is 0. The first-order valence-corrected chi connectivity index (χ1v) is 9.61. The average Bonchev–Trinajstić information content (AvgIpc) is 3.28. The molecule has 4 rings (SSSR count). The summed E-state index contributed by atoms with van der Waals surface area (Å²) in [5.41, 5.74) is 1.43. The van der Waals surface area contributed by atoms with Crippen molar-refractivity contribution in [3.8, 4) is 0 Å². The summed E-state index contributed by atoms with van der Waals surface area (Å²) in [7, 11) is 0. The van der Waals surface area contributed by atoms with E-state index in [4.69, 9.17) is 0 Å². The van der Waals surface area contributed by atoms with Crippen LogP contribution >= 0.6 is 0 Å². The standard InChI is InChI=1S/C26H24F2/c1-24(2,3)22-23(26(22,27)28)25(19-13-7-4-8-14-19,20-15-9-5-10-16-20)21-17-11-6-12-18-21/h4-18H,1-3H3. The number of alkyl halides is 2. The van der Waals surface area contributed by atoms with Crippen LogP contribution in [0.25, 0.3) is 0 Å². The molecule has 1 aliphatic carbocycles. The Morgan fingerprint density at radius 1 is 0.536 bits per heavy atom. The van der Waals surface area contributed by atoms with E-state index in [1.54, 1.807) is 0 Å². The van der Waals surface area contributed by atoms with Crippen LogP contribution < -0.4 is 0 Å². The van der Waals surface area contributed by atoms with E-state index in [1.807, 2.05) is 112 Å². The summed E-state index contributed by atoms with van der Waals surface area (Å²) in [4.78, 5) is 0. The Morgan fingerprint density at radius 2 is 0.857 bits per heavy atom. The molecule has 0 nitrogen and oxygen atoms in total. The Kier molecular flexibility index (Phi) is 4.26. The van der Waals surface area contributed by atoms with Crippen molar-refractivity contribution in [2.75, 3.05) is 0 Å². The van der Waals surface area contributed by atoms with Gasteiger partial charge in [0.15, 0.2) is 0 Å². The van der Waals surface area contributed by atoms with E-state index in [1.165, 1.54) is 0 Å². The van der Waals surface area contributed by atoms with Crippen LogP contribution in [0.4, 0.5) is 8.78 Å². The van der Waals surface area contributed by atoms with E-state index in [9.17, 15) is 0 Å². The topological polar surface area (TPSA) is 0 Å². The molecule has 0 saturated heterocycles. The molecule has 0 heterocycles. The van der Waals surface area contributed by atoms with Gasteiger partial charge in [-0.2, -0.15) is 8.78 Å². The Morgan fingerprint density at radius 3 is 1.11 bits per heavy atom. The van der Waals surface area contributed by atoms with Gasteiger partial charge in [-0.05, 0) is 22.1 Å². The zero-order valence-corrected chi connectivity index (χ0v) is 16.4. The average molecular weight is 374 g/mol. The van der Waals surface area contributed by atoms with Gasteiger partial charge in [0.1, 0.15) is 0 Å². The highest BCUT2D eigenvalue weighted by Gasteiger charge is 2.67. The van der Waals surface area contributed by atoms with E-state index in [0.29, 0.717) is 0 Å². The predicted octanol–water partition coefficient (Wildman–Crippen LogP) is 7.01. The van der Waals surface area contributed by atoms with Crippen molar-refractivity contribution in [2.45, 2.75) is 32.1 Å². The molecule has 0 fully saturated rings. The number of hydrogen-bond donors (Lipinski definition) is 0. The molecule has 0 amide bonds. The van der Waals surface area contributed by atoms with E-state index in [2.05, 4.69) is 0 Å². The third-order valence-electron chi connectivity index (χ3n) is 5.56. The van der Waals surface area contributed by atoms with Crippen LogP contribution in [-0.2, 0) is 5.41 Å². The Bertz CT molecular complexity index is 898. The monoisotopic (exact) mass is 374 g/mol. The Balaban J connectivity index is 2.14. The van der Waals surface area contributed by atoms with E-state index in [0.717, 1.165) is 16.7 Å². The van der Waals surface area contributed by atoms with Crippen molar-refractivity contribution in [3.63, 3.8) is 0 Å². The number of halogens is 2. The maximum atomic E-state index is 15.4. The zero-order valence-electron chi connectivity index (χ0n) is 16.4. The second-order valence-electron chi connectivity index (χ2n) is 8.42. The second-order valence-corrected chi connectivity index (χ2v) is 8.42. The minimum Gasteiger partial charge on any atom is -0.196 e. The number of allylic oxidation sites excluding steroid dienone is 2. The smallest absolute Gasteiger partial charge is 0.196 e. The van der Waals surface area contributed by atoms with Gasteiger partial charge in [0.25, 0.3) is 5.92 Å².